The Kier molecular flexibility index (Phi) is 3.17. The number of halogens is 3. The third-order valence-corrected chi connectivity index (χ3v) is 3.51. The van der Waals surface area contributed by atoms with Crippen LogP contribution >= 0.6 is 23.2 Å². The second-order valence-electron chi connectivity index (χ2n) is 4.20. The monoisotopic (exact) mass is 294 g/mol. The predicted octanol–water partition coefficient (Wildman–Crippen LogP) is 4.53. The summed E-state index contributed by atoms with van der Waals surface area (Å²) in [5, 5.41) is 0.514. The minimum absolute atomic E-state index is 0.109. The van der Waals surface area contributed by atoms with Crippen LogP contribution in [0.2, 0.25) is 10.3 Å². The highest BCUT2D eigenvalue weighted by molar-refractivity contribution is 6.30. The minimum atomic E-state index is -0.424. The predicted molar refractivity (Wildman–Crippen MR) is 75.3 cm³/mol. The van der Waals surface area contributed by atoms with Gasteiger partial charge in [0.05, 0.1) is 22.6 Å². The van der Waals surface area contributed by atoms with Crippen molar-refractivity contribution in [2.45, 2.75) is 6.54 Å². The lowest BCUT2D eigenvalue weighted by molar-refractivity contribution is 0.627. The number of fused-ring (bicyclic) bond motifs is 1. The maximum Gasteiger partial charge on any atom is 0.204 e. The second kappa shape index (κ2) is 4.83. The first kappa shape index (κ1) is 12.5. The highest BCUT2D eigenvalue weighted by Crippen LogP contribution is 2.22. The average molecular weight is 295 g/mol. The molecule has 0 saturated carbocycles. The van der Waals surface area contributed by atoms with E-state index in [0.29, 0.717) is 11.8 Å². The first-order valence-corrected chi connectivity index (χ1v) is 6.45. The van der Waals surface area contributed by atoms with E-state index in [0.717, 1.165) is 16.6 Å². The topological polar surface area (TPSA) is 17.8 Å². The third-order valence-electron chi connectivity index (χ3n) is 2.93. The molecule has 96 valence electrons. The van der Waals surface area contributed by atoms with Crippen LogP contribution in [0.25, 0.3) is 11.0 Å². The summed E-state index contributed by atoms with van der Waals surface area (Å²) in [6.07, 6.45) is 0. The molecule has 0 amide bonds. The number of imidazole rings is 1. The number of para-hydroxylation sites is 2. The Hall–Kier alpha value is -1.58. The highest BCUT2D eigenvalue weighted by atomic mass is 35.5. The largest absolute Gasteiger partial charge is 0.310 e. The van der Waals surface area contributed by atoms with E-state index in [1.165, 1.54) is 6.07 Å². The molecule has 5 heteroatoms. The molecule has 3 aromatic rings. The zero-order chi connectivity index (χ0) is 13.4. The van der Waals surface area contributed by atoms with E-state index in [-0.39, 0.29) is 5.02 Å². The molecule has 2 aromatic carbocycles. The fourth-order valence-corrected chi connectivity index (χ4v) is 2.46. The molecule has 0 radical (unpaired) electrons. The van der Waals surface area contributed by atoms with Gasteiger partial charge in [-0.3, -0.25) is 0 Å². The maximum atomic E-state index is 13.1. The van der Waals surface area contributed by atoms with E-state index in [4.69, 9.17) is 23.2 Å². The third kappa shape index (κ3) is 2.31. The van der Waals surface area contributed by atoms with Gasteiger partial charge >= 0.3 is 0 Å². The molecule has 1 aromatic heterocycles. The molecule has 3 rings (SSSR count). The van der Waals surface area contributed by atoms with Gasteiger partial charge in [0.25, 0.3) is 0 Å². The van der Waals surface area contributed by atoms with Crippen LogP contribution in [-0.2, 0) is 6.54 Å². The van der Waals surface area contributed by atoms with Gasteiger partial charge in [0.15, 0.2) is 0 Å². The molecule has 1 heterocycles. The van der Waals surface area contributed by atoms with Gasteiger partial charge in [0.2, 0.25) is 5.28 Å². The Balaban J connectivity index is 2.05. The van der Waals surface area contributed by atoms with Crippen molar-refractivity contribution in [1.82, 2.24) is 9.55 Å². The number of aromatic nitrogens is 2. The van der Waals surface area contributed by atoms with Gasteiger partial charge in [-0.05, 0) is 41.4 Å². The van der Waals surface area contributed by atoms with Gasteiger partial charge in [-0.25, -0.2) is 9.37 Å². The Morgan fingerprint density at radius 3 is 2.68 bits per heavy atom. The molecule has 0 aliphatic heterocycles. The molecule has 0 aliphatic carbocycles. The summed E-state index contributed by atoms with van der Waals surface area (Å²) in [4.78, 5) is 4.27. The normalized spacial score (nSPS) is 11.1. The van der Waals surface area contributed by atoms with E-state index in [2.05, 4.69) is 4.98 Å². The van der Waals surface area contributed by atoms with Gasteiger partial charge in [-0.15, -0.1) is 0 Å². The van der Waals surface area contributed by atoms with Gasteiger partial charge in [0.1, 0.15) is 5.82 Å². The van der Waals surface area contributed by atoms with Crippen LogP contribution in [0.5, 0.6) is 0 Å². The van der Waals surface area contributed by atoms with Crippen LogP contribution in [0.4, 0.5) is 4.39 Å². The Morgan fingerprint density at radius 1 is 1.11 bits per heavy atom. The molecule has 19 heavy (non-hydrogen) atoms. The van der Waals surface area contributed by atoms with E-state index < -0.39 is 5.82 Å². The van der Waals surface area contributed by atoms with Crippen molar-refractivity contribution in [1.29, 1.82) is 0 Å². The number of benzene rings is 2. The maximum absolute atomic E-state index is 13.1. The fraction of sp³-hybridized carbons (Fsp3) is 0.0714. The minimum Gasteiger partial charge on any atom is -0.310 e. The Morgan fingerprint density at radius 2 is 1.89 bits per heavy atom. The van der Waals surface area contributed by atoms with Gasteiger partial charge < -0.3 is 4.57 Å². The van der Waals surface area contributed by atoms with Crippen molar-refractivity contribution < 1.29 is 4.39 Å². The van der Waals surface area contributed by atoms with Crippen LogP contribution in [-0.4, -0.2) is 9.55 Å². The number of rotatable bonds is 2. The number of nitrogens with zero attached hydrogens (tertiary/aromatic N) is 2. The van der Waals surface area contributed by atoms with Crippen LogP contribution in [0.3, 0.4) is 0 Å². The fourth-order valence-electron chi connectivity index (χ4n) is 2.02. The molecule has 2 nitrogen and oxygen atoms in total. The van der Waals surface area contributed by atoms with Gasteiger partial charge in [-0.1, -0.05) is 29.8 Å². The Bertz CT molecular complexity index is 752. The molecule has 0 bridgehead atoms. The Labute approximate surface area is 119 Å². The van der Waals surface area contributed by atoms with E-state index in [9.17, 15) is 4.39 Å². The van der Waals surface area contributed by atoms with Crippen molar-refractivity contribution in [3.8, 4) is 0 Å². The molecular weight excluding hydrogens is 286 g/mol. The zero-order valence-electron chi connectivity index (χ0n) is 9.78. The van der Waals surface area contributed by atoms with Crippen molar-refractivity contribution in [3.63, 3.8) is 0 Å². The number of hydrogen-bond acceptors (Lipinski definition) is 1. The van der Waals surface area contributed by atoms with E-state index in [1.807, 2.05) is 28.8 Å². The average Bonchev–Trinajstić information content (AvgIpc) is 2.71. The molecule has 0 unspecified atom stereocenters. The molecule has 0 spiro atoms. The summed E-state index contributed by atoms with van der Waals surface area (Å²) in [6.45, 7) is 0.499. The summed E-state index contributed by atoms with van der Waals surface area (Å²) in [5.74, 6) is -0.424. The van der Waals surface area contributed by atoms with Gasteiger partial charge in [-0.2, -0.15) is 0 Å². The van der Waals surface area contributed by atoms with Crippen molar-refractivity contribution >= 4 is 34.2 Å². The second-order valence-corrected chi connectivity index (χ2v) is 4.95. The summed E-state index contributed by atoms with van der Waals surface area (Å²) in [5.41, 5.74) is 2.64. The van der Waals surface area contributed by atoms with Crippen molar-refractivity contribution in [3.05, 3.63) is 64.2 Å². The first-order chi connectivity index (χ1) is 9.15. The summed E-state index contributed by atoms with van der Waals surface area (Å²) < 4.78 is 15.0. The molecule has 0 saturated heterocycles. The quantitative estimate of drug-likeness (QED) is 0.679. The standard InChI is InChI=1S/C14H9Cl2FN2/c15-10-7-9(5-6-11(10)17)8-19-13-4-2-1-3-12(13)18-14(19)16/h1-7H,8H2. The van der Waals surface area contributed by atoms with Crippen LogP contribution in [0.1, 0.15) is 5.56 Å². The SMILES string of the molecule is Fc1ccc(Cn2c(Cl)nc3ccccc32)cc1Cl. The lowest BCUT2D eigenvalue weighted by Gasteiger charge is -2.06. The van der Waals surface area contributed by atoms with Crippen LogP contribution < -0.4 is 0 Å². The lowest BCUT2D eigenvalue weighted by atomic mass is 10.2. The molecule has 0 fully saturated rings. The smallest absolute Gasteiger partial charge is 0.204 e. The van der Waals surface area contributed by atoms with Gasteiger partial charge in [0, 0.05) is 0 Å². The zero-order valence-corrected chi connectivity index (χ0v) is 11.3. The summed E-state index contributed by atoms with van der Waals surface area (Å²) in [7, 11) is 0. The lowest BCUT2D eigenvalue weighted by Crippen LogP contribution is -2.00. The van der Waals surface area contributed by atoms with Crippen LogP contribution in [0.15, 0.2) is 42.5 Å². The summed E-state index contributed by atoms with van der Waals surface area (Å²) in [6, 6.07) is 12.3. The van der Waals surface area contributed by atoms with Crippen molar-refractivity contribution in [2.75, 3.05) is 0 Å². The van der Waals surface area contributed by atoms with E-state index >= 15 is 0 Å². The molecule has 0 N–H and O–H groups in total. The van der Waals surface area contributed by atoms with Crippen LogP contribution in [0, 0.1) is 5.82 Å². The first-order valence-electron chi connectivity index (χ1n) is 5.70. The number of hydrogen-bond donors (Lipinski definition) is 0. The van der Waals surface area contributed by atoms with E-state index in [1.54, 1.807) is 12.1 Å². The summed E-state index contributed by atoms with van der Waals surface area (Å²) >= 11 is 11.9. The molecular formula is C14H9Cl2FN2. The molecule has 0 atom stereocenters. The van der Waals surface area contributed by atoms with Crippen molar-refractivity contribution in [2.24, 2.45) is 0 Å². The highest BCUT2D eigenvalue weighted by Gasteiger charge is 2.09. The molecule has 0 aliphatic rings.